The Balaban J connectivity index is 5.11. The summed E-state index contributed by atoms with van der Waals surface area (Å²) in [5.41, 5.74) is -8.68. The molecule has 0 N–H and O–H groups in total. The molecule has 7 heteroatoms. The molecule has 0 fully saturated rings. The van der Waals surface area contributed by atoms with Crippen LogP contribution in [0.15, 0.2) is 0 Å². The Morgan fingerprint density at radius 1 is 0.773 bits per heavy atom. The van der Waals surface area contributed by atoms with E-state index in [4.69, 9.17) is 9.47 Å². The number of ether oxygens (including phenoxy) is 2. The first-order chi connectivity index (χ1) is 9.49. The fourth-order valence-electron chi connectivity index (χ4n) is 1.60. The highest BCUT2D eigenvalue weighted by atomic mass is 19.2. The predicted molar refractivity (Wildman–Crippen MR) is 75.9 cm³/mol. The zero-order valence-corrected chi connectivity index (χ0v) is 14.4. The maximum absolute atomic E-state index is 14.3. The molecule has 0 spiro atoms. The average Bonchev–Trinajstić information content (AvgIpc) is 2.25. The summed E-state index contributed by atoms with van der Waals surface area (Å²) in [6, 6.07) is 0. The lowest BCUT2D eigenvalue weighted by atomic mass is 9.85. The van der Waals surface area contributed by atoms with Gasteiger partial charge < -0.3 is 9.47 Å². The van der Waals surface area contributed by atoms with E-state index < -0.39 is 41.0 Å². The summed E-state index contributed by atoms with van der Waals surface area (Å²) in [6.07, 6.45) is -5.23. The monoisotopic (exact) mass is 330 g/mol. The van der Waals surface area contributed by atoms with E-state index in [-0.39, 0.29) is 0 Å². The van der Waals surface area contributed by atoms with Crippen LogP contribution in [-0.4, -0.2) is 41.0 Å². The Kier molecular flexibility index (Phi) is 5.95. The van der Waals surface area contributed by atoms with Gasteiger partial charge in [-0.05, 0) is 55.4 Å². The van der Waals surface area contributed by atoms with Crippen molar-refractivity contribution in [1.82, 2.24) is 0 Å². The molecule has 0 saturated heterocycles. The third-order valence-corrected chi connectivity index (χ3v) is 4.53. The Morgan fingerprint density at radius 2 is 1.00 bits per heavy atom. The van der Waals surface area contributed by atoms with Gasteiger partial charge in [0.1, 0.15) is 23.5 Å². The molecule has 3 nitrogen and oxygen atoms in total. The molecule has 0 aromatic carbocycles. The van der Waals surface area contributed by atoms with Crippen molar-refractivity contribution in [3.05, 3.63) is 0 Å². The lowest BCUT2D eigenvalue weighted by Gasteiger charge is -2.41. The van der Waals surface area contributed by atoms with Gasteiger partial charge in [-0.3, -0.25) is 0 Å². The normalized spacial score (nSPS) is 21.3. The quantitative estimate of drug-likeness (QED) is 0.515. The van der Waals surface area contributed by atoms with Gasteiger partial charge in [0.15, 0.2) is 11.3 Å². The van der Waals surface area contributed by atoms with Crippen molar-refractivity contribution in [1.29, 1.82) is 0 Å². The number of rotatable bonds is 6. The zero-order chi connectivity index (χ0) is 18.1. The molecule has 0 aromatic rings. The van der Waals surface area contributed by atoms with E-state index in [0.717, 1.165) is 27.7 Å². The minimum atomic E-state index is -2.48. The van der Waals surface area contributed by atoms with Crippen molar-refractivity contribution >= 4 is 6.16 Å². The van der Waals surface area contributed by atoms with Crippen LogP contribution in [0.5, 0.6) is 0 Å². The van der Waals surface area contributed by atoms with E-state index in [1.165, 1.54) is 27.7 Å². The number of carbonyl (C=O) groups is 1. The summed E-state index contributed by atoms with van der Waals surface area (Å²) >= 11 is 0. The summed E-state index contributed by atoms with van der Waals surface area (Å²) in [4.78, 5) is 11.8. The van der Waals surface area contributed by atoms with Crippen LogP contribution in [0, 0.1) is 0 Å². The highest BCUT2D eigenvalue weighted by molar-refractivity contribution is 5.61. The van der Waals surface area contributed by atoms with Crippen LogP contribution in [0.3, 0.4) is 0 Å². The molecule has 22 heavy (non-hydrogen) atoms. The van der Waals surface area contributed by atoms with Crippen LogP contribution in [-0.2, 0) is 9.47 Å². The van der Waals surface area contributed by atoms with Crippen LogP contribution in [0.25, 0.3) is 0 Å². The Bertz CT molecular complexity index is 366. The van der Waals surface area contributed by atoms with Crippen LogP contribution >= 0.6 is 0 Å². The topological polar surface area (TPSA) is 35.5 Å². The first kappa shape index (κ1) is 21.0. The van der Waals surface area contributed by atoms with E-state index in [9.17, 15) is 22.4 Å². The van der Waals surface area contributed by atoms with Crippen LogP contribution in [0.1, 0.15) is 55.4 Å². The van der Waals surface area contributed by atoms with Gasteiger partial charge >= 0.3 is 6.16 Å². The van der Waals surface area contributed by atoms with E-state index >= 15 is 0 Å². The molecule has 0 rings (SSSR count). The molecule has 0 saturated carbocycles. The Hall–Kier alpha value is -1.01. The average molecular weight is 330 g/mol. The van der Waals surface area contributed by atoms with Crippen LogP contribution < -0.4 is 0 Å². The van der Waals surface area contributed by atoms with Crippen molar-refractivity contribution < 1.29 is 31.8 Å². The smallest absolute Gasteiger partial charge is 0.425 e. The lowest BCUT2D eigenvalue weighted by molar-refractivity contribution is -0.163. The largest absolute Gasteiger partial charge is 0.509 e. The second-order valence-corrected chi connectivity index (χ2v) is 6.86. The van der Waals surface area contributed by atoms with Gasteiger partial charge in [-0.25, -0.2) is 22.4 Å². The maximum atomic E-state index is 14.3. The SMILES string of the molecule is CC(F)C(C)(F)C(C)(C)OC(=O)OC(C)(C)C(C)(F)C(C)F. The molecular weight excluding hydrogens is 304 g/mol. The minimum Gasteiger partial charge on any atom is -0.425 e. The second-order valence-electron chi connectivity index (χ2n) is 6.86. The molecule has 0 aliphatic rings. The summed E-state index contributed by atoms with van der Waals surface area (Å²) in [5.74, 6) is 0. The van der Waals surface area contributed by atoms with Gasteiger partial charge in [0, 0.05) is 0 Å². The van der Waals surface area contributed by atoms with Gasteiger partial charge in [0.05, 0.1) is 0 Å². The first-order valence-electron chi connectivity index (χ1n) is 7.07. The molecule has 0 bridgehead atoms. The predicted octanol–water partition coefficient (Wildman–Crippen LogP) is 4.87. The van der Waals surface area contributed by atoms with E-state index in [1.54, 1.807) is 0 Å². The number of hydrogen-bond acceptors (Lipinski definition) is 3. The van der Waals surface area contributed by atoms with Crippen molar-refractivity contribution in [2.45, 2.75) is 90.3 Å². The maximum Gasteiger partial charge on any atom is 0.509 e. The van der Waals surface area contributed by atoms with Gasteiger partial charge in [-0.1, -0.05) is 0 Å². The number of alkyl halides is 4. The Labute approximate surface area is 129 Å². The number of hydrogen-bond donors (Lipinski definition) is 0. The van der Waals surface area contributed by atoms with Gasteiger partial charge in [0.25, 0.3) is 0 Å². The standard InChI is InChI=1S/C15H26F4O3/c1-9(16)14(7,18)12(3,4)21-11(20)22-13(5,6)15(8,19)10(2)17/h9-10H,1-8H3. The third kappa shape index (κ3) is 4.04. The van der Waals surface area contributed by atoms with E-state index in [2.05, 4.69) is 0 Å². The van der Waals surface area contributed by atoms with Gasteiger partial charge in [-0.2, -0.15) is 0 Å². The molecule has 0 amide bonds. The van der Waals surface area contributed by atoms with E-state index in [0.29, 0.717) is 0 Å². The van der Waals surface area contributed by atoms with Crippen LogP contribution in [0.2, 0.25) is 0 Å². The summed E-state index contributed by atoms with van der Waals surface area (Å²) in [5, 5.41) is 0. The van der Waals surface area contributed by atoms with Gasteiger partial charge in [0.2, 0.25) is 0 Å². The number of carbonyl (C=O) groups excluding carboxylic acids is 1. The molecule has 4 atom stereocenters. The zero-order valence-electron chi connectivity index (χ0n) is 14.4. The van der Waals surface area contributed by atoms with Crippen molar-refractivity contribution in [3.63, 3.8) is 0 Å². The van der Waals surface area contributed by atoms with E-state index in [1.807, 2.05) is 0 Å². The molecule has 0 aliphatic heterocycles. The minimum absolute atomic E-state index is 0.943. The summed E-state index contributed by atoms with van der Waals surface area (Å²) in [6.45, 7) is 8.55. The van der Waals surface area contributed by atoms with Gasteiger partial charge in [-0.15, -0.1) is 0 Å². The third-order valence-electron chi connectivity index (χ3n) is 4.53. The van der Waals surface area contributed by atoms with Crippen molar-refractivity contribution in [2.24, 2.45) is 0 Å². The molecule has 0 aliphatic carbocycles. The molecule has 132 valence electrons. The highest BCUT2D eigenvalue weighted by Gasteiger charge is 2.53. The molecule has 0 heterocycles. The van der Waals surface area contributed by atoms with Crippen molar-refractivity contribution in [3.8, 4) is 0 Å². The van der Waals surface area contributed by atoms with Crippen LogP contribution in [0.4, 0.5) is 22.4 Å². The molecular formula is C15H26F4O3. The second kappa shape index (κ2) is 6.24. The molecule has 0 aromatic heterocycles. The fourth-order valence-corrected chi connectivity index (χ4v) is 1.60. The Morgan fingerprint density at radius 3 is 1.18 bits per heavy atom. The summed E-state index contributed by atoms with van der Waals surface area (Å²) < 4.78 is 64.9. The van der Waals surface area contributed by atoms with Crippen molar-refractivity contribution in [2.75, 3.05) is 0 Å². The summed E-state index contributed by atoms with van der Waals surface area (Å²) in [7, 11) is 0. The highest BCUT2D eigenvalue weighted by Crippen LogP contribution is 2.37. The first-order valence-corrected chi connectivity index (χ1v) is 7.07. The lowest BCUT2D eigenvalue weighted by Crippen LogP contribution is -2.56. The molecule has 4 unspecified atom stereocenters. The molecule has 0 radical (unpaired) electrons. The number of halogens is 4. The fraction of sp³-hybridized carbons (Fsp3) is 0.933.